The monoisotopic (exact) mass is 435 g/mol. The van der Waals surface area contributed by atoms with Crippen molar-refractivity contribution in [2.75, 3.05) is 6.61 Å². The third-order valence-electron chi connectivity index (χ3n) is 5.06. The fourth-order valence-corrected chi connectivity index (χ4v) is 3.57. The molecule has 1 saturated heterocycles. The number of rotatable bonds is 3. The predicted molar refractivity (Wildman–Crippen MR) is 107 cm³/mol. The zero-order valence-corrected chi connectivity index (χ0v) is 17.3. The average Bonchev–Trinajstić information content (AvgIpc) is 3.12. The largest absolute Gasteiger partial charge is 0.503 e. The van der Waals surface area contributed by atoms with Gasteiger partial charge in [0.05, 0.1) is 19.2 Å². The van der Waals surface area contributed by atoms with Crippen molar-refractivity contribution in [1.29, 1.82) is 0 Å². The first-order valence-corrected chi connectivity index (χ1v) is 9.90. The van der Waals surface area contributed by atoms with E-state index >= 15 is 0 Å². The lowest BCUT2D eigenvalue weighted by Crippen LogP contribution is -2.49. The maximum Gasteiger partial charge on any atom is 0.276 e. The van der Waals surface area contributed by atoms with Crippen molar-refractivity contribution in [2.24, 2.45) is 0 Å². The number of benzene rings is 1. The number of hydrogen-bond donors (Lipinski definition) is 2. The van der Waals surface area contributed by atoms with Crippen LogP contribution in [-0.4, -0.2) is 45.3 Å². The molecule has 1 aromatic heterocycles. The molecule has 2 unspecified atom stereocenters. The lowest BCUT2D eigenvalue weighted by Gasteiger charge is -2.33. The lowest BCUT2D eigenvalue weighted by molar-refractivity contribution is 0.00624. The zero-order valence-electron chi connectivity index (χ0n) is 17.3. The average molecular weight is 435 g/mol. The van der Waals surface area contributed by atoms with Crippen molar-refractivity contribution in [3.8, 4) is 5.75 Å². The molecular weight excluding hydrogens is 412 g/mol. The number of halogens is 2. The number of aromatic nitrogens is 1. The fourth-order valence-electron chi connectivity index (χ4n) is 3.57. The molecule has 31 heavy (non-hydrogen) atoms. The normalized spacial score (nSPS) is 19.3. The Hall–Kier alpha value is -3.27. The number of nitrogens with one attached hydrogen (secondary N) is 1. The Labute approximate surface area is 177 Å². The number of nitrogens with zero attached hydrogens (tertiary/aromatic N) is 2. The minimum absolute atomic E-state index is 0.0289. The van der Waals surface area contributed by atoms with E-state index in [1.165, 1.54) is 21.7 Å². The molecule has 2 aliphatic heterocycles. The number of carbonyl (C=O) groups is 2. The third kappa shape index (κ3) is 4.02. The van der Waals surface area contributed by atoms with Crippen LogP contribution in [0.25, 0.3) is 0 Å². The van der Waals surface area contributed by atoms with Gasteiger partial charge in [-0.1, -0.05) is 19.9 Å². The van der Waals surface area contributed by atoms with Crippen molar-refractivity contribution in [1.82, 2.24) is 14.8 Å². The summed E-state index contributed by atoms with van der Waals surface area (Å²) in [5.41, 5.74) is -1.58. The topological polar surface area (TPSA) is 101 Å². The molecule has 0 radical (unpaired) electrons. The molecule has 166 valence electrons. The van der Waals surface area contributed by atoms with E-state index in [4.69, 9.17) is 4.74 Å². The zero-order chi connectivity index (χ0) is 22.9. The van der Waals surface area contributed by atoms with Crippen LogP contribution in [0.15, 0.2) is 29.2 Å². The molecule has 4 rings (SSSR count). The van der Waals surface area contributed by atoms with Gasteiger partial charge in [-0.15, -0.1) is 0 Å². The second kappa shape index (κ2) is 8.84. The highest BCUT2D eigenvalue weighted by molar-refractivity contribution is 5.99. The van der Waals surface area contributed by atoms with Gasteiger partial charge in [-0.3, -0.25) is 14.4 Å². The van der Waals surface area contributed by atoms with E-state index in [0.29, 0.717) is 12.7 Å². The molecule has 2 atom stereocenters. The van der Waals surface area contributed by atoms with E-state index < -0.39 is 46.4 Å². The first kappa shape index (κ1) is 22.4. The molecule has 2 aliphatic rings. The third-order valence-corrected chi connectivity index (χ3v) is 5.06. The Balaban J connectivity index is 0.00000132. The van der Waals surface area contributed by atoms with Gasteiger partial charge in [0.25, 0.3) is 11.8 Å². The molecule has 2 amide bonds. The Morgan fingerprint density at radius 1 is 1.29 bits per heavy atom. The lowest BCUT2D eigenvalue weighted by atomic mass is 10.1. The van der Waals surface area contributed by atoms with Gasteiger partial charge in [-0.25, -0.2) is 8.78 Å². The van der Waals surface area contributed by atoms with Crippen LogP contribution in [-0.2, 0) is 17.8 Å². The molecule has 3 heterocycles. The second-order valence-corrected chi connectivity index (χ2v) is 6.99. The Bertz CT molecular complexity index is 1090. The van der Waals surface area contributed by atoms with E-state index in [1.807, 2.05) is 13.8 Å². The van der Waals surface area contributed by atoms with Crippen LogP contribution in [0.1, 0.15) is 47.2 Å². The summed E-state index contributed by atoms with van der Waals surface area (Å²) in [7, 11) is 0. The molecule has 1 fully saturated rings. The van der Waals surface area contributed by atoms with Gasteiger partial charge in [-0.2, -0.15) is 0 Å². The van der Waals surface area contributed by atoms with Gasteiger partial charge in [0.1, 0.15) is 17.2 Å². The van der Waals surface area contributed by atoms with Crippen LogP contribution in [0.3, 0.4) is 0 Å². The molecular formula is C21H23F2N3O5. The summed E-state index contributed by atoms with van der Waals surface area (Å²) < 4.78 is 33.6. The number of aromatic hydroxyl groups is 1. The minimum atomic E-state index is -1.01. The number of hydrogen-bond acceptors (Lipinski definition) is 5. The molecule has 1 aromatic carbocycles. The molecule has 0 saturated carbocycles. The number of amides is 2. The smallest absolute Gasteiger partial charge is 0.276 e. The van der Waals surface area contributed by atoms with E-state index in [-0.39, 0.29) is 30.4 Å². The summed E-state index contributed by atoms with van der Waals surface area (Å²) in [4.78, 5) is 39.1. The number of ether oxygens (including phenoxy) is 1. The van der Waals surface area contributed by atoms with E-state index in [1.54, 1.807) is 6.92 Å². The van der Waals surface area contributed by atoms with Crippen molar-refractivity contribution >= 4 is 11.8 Å². The molecule has 8 nitrogen and oxygen atoms in total. The molecule has 10 heteroatoms. The van der Waals surface area contributed by atoms with Crippen molar-refractivity contribution in [3.05, 3.63) is 63.1 Å². The highest BCUT2D eigenvalue weighted by Crippen LogP contribution is 2.29. The summed E-state index contributed by atoms with van der Waals surface area (Å²) in [5, 5.41) is 12.7. The summed E-state index contributed by atoms with van der Waals surface area (Å²) in [6.45, 7) is 5.97. The Kier molecular flexibility index (Phi) is 6.40. The van der Waals surface area contributed by atoms with Gasteiger partial charge in [0.15, 0.2) is 17.7 Å². The standard InChI is InChI=1S/C19H17F2N3O5.C2H6/c1-9-8-29-14-7-23-6-12(16(25)17(26)15(23)19(28)24(9)14)18(27)22-5-10-2-3-11(20)4-13(10)21;1-2/h2-4,6,9,14,26H,5,7-8H2,1H3,(H,22,27);1-2H3. The molecule has 2 aromatic rings. The highest BCUT2D eigenvalue weighted by Gasteiger charge is 2.42. The molecule has 0 aliphatic carbocycles. The Morgan fingerprint density at radius 2 is 2.00 bits per heavy atom. The van der Waals surface area contributed by atoms with Crippen LogP contribution in [0.5, 0.6) is 5.75 Å². The maximum absolute atomic E-state index is 13.7. The van der Waals surface area contributed by atoms with Crippen LogP contribution in [0.2, 0.25) is 0 Å². The van der Waals surface area contributed by atoms with E-state index in [0.717, 1.165) is 6.07 Å². The van der Waals surface area contributed by atoms with Gasteiger partial charge in [0, 0.05) is 24.4 Å². The SMILES string of the molecule is CC.CC1COC2Cn3cc(C(=O)NCc4ccc(F)cc4F)c(=O)c(O)c3C(=O)N12. The summed E-state index contributed by atoms with van der Waals surface area (Å²) in [6.07, 6.45) is 0.617. The van der Waals surface area contributed by atoms with Gasteiger partial charge >= 0.3 is 0 Å². The van der Waals surface area contributed by atoms with Gasteiger partial charge in [-0.05, 0) is 13.0 Å². The van der Waals surface area contributed by atoms with Crippen LogP contribution in [0, 0.1) is 11.6 Å². The molecule has 2 N–H and O–H groups in total. The van der Waals surface area contributed by atoms with Gasteiger partial charge in [0.2, 0.25) is 5.43 Å². The first-order valence-electron chi connectivity index (χ1n) is 9.90. The summed E-state index contributed by atoms with van der Waals surface area (Å²) in [6, 6.07) is 2.70. The summed E-state index contributed by atoms with van der Waals surface area (Å²) in [5.74, 6) is -3.83. The quantitative estimate of drug-likeness (QED) is 0.768. The minimum Gasteiger partial charge on any atom is -0.503 e. The number of fused-ring (bicyclic) bond motifs is 2. The Morgan fingerprint density at radius 3 is 2.68 bits per heavy atom. The summed E-state index contributed by atoms with van der Waals surface area (Å²) >= 11 is 0. The van der Waals surface area contributed by atoms with E-state index in [2.05, 4.69) is 5.32 Å². The van der Waals surface area contributed by atoms with Crippen molar-refractivity contribution in [2.45, 2.75) is 46.1 Å². The van der Waals surface area contributed by atoms with Crippen LogP contribution >= 0.6 is 0 Å². The second-order valence-electron chi connectivity index (χ2n) is 6.99. The highest BCUT2D eigenvalue weighted by atomic mass is 19.1. The van der Waals surface area contributed by atoms with Gasteiger partial charge < -0.3 is 24.6 Å². The van der Waals surface area contributed by atoms with Crippen LogP contribution < -0.4 is 10.7 Å². The number of carbonyl (C=O) groups excluding carboxylic acids is 2. The van der Waals surface area contributed by atoms with Crippen molar-refractivity contribution in [3.63, 3.8) is 0 Å². The fraction of sp³-hybridized carbons (Fsp3) is 0.381. The molecule has 0 bridgehead atoms. The van der Waals surface area contributed by atoms with Crippen LogP contribution in [0.4, 0.5) is 8.78 Å². The van der Waals surface area contributed by atoms with Crippen molar-refractivity contribution < 1.29 is 28.2 Å². The predicted octanol–water partition coefficient (Wildman–Crippen LogP) is 1.99. The first-order chi connectivity index (χ1) is 14.8. The molecule has 0 spiro atoms. The van der Waals surface area contributed by atoms with E-state index in [9.17, 15) is 28.3 Å². The number of pyridine rings is 1. The maximum atomic E-state index is 13.7.